The monoisotopic (exact) mass is 237 g/mol. The van der Waals surface area contributed by atoms with Gasteiger partial charge in [-0.3, -0.25) is 4.79 Å². The molecule has 1 fully saturated rings. The molecule has 0 saturated heterocycles. The van der Waals surface area contributed by atoms with E-state index in [-0.39, 0.29) is 5.91 Å². The van der Waals surface area contributed by atoms with Crippen LogP contribution in [0.2, 0.25) is 0 Å². The minimum Gasteiger partial charge on any atom is -0.354 e. The Morgan fingerprint density at radius 1 is 1.41 bits per heavy atom. The number of hydrogen-bond acceptors (Lipinski definition) is 3. The van der Waals surface area contributed by atoms with Crippen LogP contribution in [-0.4, -0.2) is 25.0 Å². The second kappa shape index (κ2) is 8.08. The molecule has 0 aromatic heterocycles. The summed E-state index contributed by atoms with van der Waals surface area (Å²) in [5.74, 6) is 0.707. The maximum Gasteiger partial charge on any atom is 0.233 e. The van der Waals surface area contributed by atoms with Crippen molar-refractivity contribution in [3.8, 4) is 6.07 Å². The largest absolute Gasteiger partial charge is 0.354 e. The topological polar surface area (TPSA) is 64.9 Å². The van der Waals surface area contributed by atoms with Gasteiger partial charge in [0.2, 0.25) is 5.91 Å². The van der Waals surface area contributed by atoms with Gasteiger partial charge in [0.25, 0.3) is 0 Å². The van der Waals surface area contributed by atoms with Gasteiger partial charge in [-0.05, 0) is 25.7 Å². The van der Waals surface area contributed by atoms with E-state index in [0.29, 0.717) is 25.6 Å². The predicted octanol–water partition coefficient (Wildman–Crippen LogP) is 1.57. The molecule has 0 aromatic rings. The first kappa shape index (κ1) is 14.0. The van der Waals surface area contributed by atoms with Gasteiger partial charge < -0.3 is 10.6 Å². The zero-order valence-corrected chi connectivity index (χ0v) is 10.7. The van der Waals surface area contributed by atoms with Gasteiger partial charge in [0.1, 0.15) is 0 Å². The van der Waals surface area contributed by atoms with Crippen molar-refractivity contribution in [1.82, 2.24) is 10.6 Å². The van der Waals surface area contributed by atoms with Crippen LogP contribution in [-0.2, 0) is 4.79 Å². The predicted molar refractivity (Wildman–Crippen MR) is 67.3 cm³/mol. The van der Waals surface area contributed by atoms with Gasteiger partial charge in [0.05, 0.1) is 19.0 Å². The Hall–Kier alpha value is -1.08. The van der Waals surface area contributed by atoms with Gasteiger partial charge in [-0.1, -0.05) is 19.3 Å². The summed E-state index contributed by atoms with van der Waals surface area (Å²) >= 11 is 0. The molecule has 0 radical (unpaired) electrons. The lowest BCUT2D eigenvalue weighted by Crippen LogP contribution is -2.41. The molecule has 0 spiro atoms. The van der Waals surface area contributed by atoms with Crippen LogP contribution in [0.1, 0.15) is 45.4 Å². The highest BCUT2D eigenvalue weighted by atomic mass is 16.1. The summed E-state index contributed by atoms with van der Waals surface area (Å²) in [6.45, 7) is 2.98. The highest BCUT2D eigenvalue weighted by molar-refractivity contribution is 5.77. The second-order valence-electron chi connectivity index (χ2n) is 4.83. The maximum absolute atomic E-state index is 11.4. The van der Waals surface area contributed by atoms with Gasteiger partial charge in [-0.15, -0.1) is 0 Å². The number of nitriles is 1. The summed E-state index contributed by atoms with van der Waals surface area (Å²) < 4.78 is 0. The average molecular weight is 237 g/mol. The third-order valence-corrected chi connectivity index (χ3v) is 3.50. The smallest absolute Gasteiger partial charge is 0.233 e. The van der Waals surface area contributed by atoms with E-state index in [1.54, 1.807) is 0 Å². The molecule has 0 aromatic carbocycles. The lowest BCUT2D eigenvalue weighted by atomic mass is 9.84. The SMILES string of the molecule is CC(NCC(=O)NCCC#N)C1CCCCC1. The van der Waals surface area contributed by atoms with Crippen LogP contribution in [0.3, 0.4) is 0 Å². The Balaban J connectivity index is 2.11. The molecule has 0 heterocycles. The van der Waals surface area contributed by atoms with Gasteiger partial charge in [-0.25, -0.2) is 0 Å². The van der Waals surface area contributed by atoms with E-state index in [4.69, 9.17) is 5.26 Å². The van der Waals surface area contributed by atoms with Gasteiger partial charge in [0, 0.05) is 12.6 Å². The molecule has 4 heteroatoms. The maximum atomic E-state index is 11.4. The lowest BCUT2D eigenvalue weighted by Gasteiger charge is -2.28. The minimum atomic E-state index is -0.0112. The van der Waals surface area contributed by atoms with E-state index in [2.05, 4.69) is 17.6 Å². The number of hydrogen-bond donors (Lipinski definition) is 2. The van der Waals surface area contributed by atoms with Crippen LogP contribution in [0.15, 0.2) is 0 Å². The lowest BCUT2D eigenvalue weighted by molar-refractivity contribution is -0.120. The molecule has 1 aliphatic carbocycles. The zero-order valence-electron chi connectivity index (χ0n) is 10.7. The van der Waals surface area contributed by atoms with Crippen molar-refractivity contribution in [3.63, 3.8) is 0 Å². The molecular weight excluding hydrogens is 214 g/mol. The Morgan fingerprint density at radius 2 is 2.12 bits per heavy atom. The van der Waals surface area contributed by atoms with E-state index < -0.39 is 0 Å². The molecule has 1 amide bonds. The van der Waals surface area contributed by atoms with Crippen molar-refractivity contribution in [1.29, 1.82) is 5.26 Å². The minimum absolute atomic E-state index is 0.0112. The van der Waals surface area contributed by atoms with Gasteiger partial charge in [-0.2, -0.15) is 5.26 Å². The second-order valence-corrected chi connectivity index (χ2v) is 4.83. The van der Waals surface area contributed by atoms with E-state index in [1.165, 1.54) is 32.1 Å². The molecule has 1 saturated carbocycles. The Kier molecular flexibility index (Phi) is 6.64. The van der Waals surface area contributed by atoms with E-state index in [0.717, 1.165) is 5.92 Å². The summed E-state index contributed by atoms with van der Waals surface area (Å²) in [7, 11) is 0. The molecular formula is C13H23N3O. The quantitative estimate of drug-likeness (QED) is 0.689. The molecule has 1 aliphatic rings. The number of rotatable bonds is 6. The molecule has 1 rings (SSSR count). The summed E-state index contributed by atoms with van der Waals surface area (Å²) in [6, 6.07) is 2.42. The molecule has 2 N–H and O–H groups in total. The van der Waals surface area contributed by atoms with Crippen molar-refractivity contribution in [3.05, 3.63) is 0 Å². The standard InChI is InChI=1S/C13H23N3O/c1-11(12-6-3-2-4-7-12)16-10-13(17)15-9-5-8-14/h11-12,16H,2-7,9-10H2,1H3,(H,15,17). The summed E-state index contributed by atoms with van der Waals surface area (Å²) in [4.78, 5) is 11.4. The van der Waals surface area contributed by atoms with Gasteiger partial charge >= 0.3 is 0 Å². The first-order valence-corrected chi connectivity index (χ1v) is 6.61. The fraction of sp³-hybridized carbons (Fsp3) is 0.846. The van der Waals surface area contributed by atoms with E-state index in [9.17, 15) is 4.79 Å². The fourth-order valence-corrected chi connectivity index (χ4v) is 2.37. The van der Waals surface area contributed by atoms with Crippen LogP contribution in [0.5, 0.6) is 0 Å². The van der Waals surface area contributed by atoms with Gasteiger partial charge in [0.15, 0.2) is 0 Å². The molecule has 1 unspecified atom stereocenters. The molecule has 4 nitrogen and oxygen atoms in total. The molecule has 0 bridgehead atoms. The van der Waals surface area contributed by atoms with Crippen molar-refractivity contribution < 1.29 is 4.79 Å². The Bertz CT molecular complexity index is 266. The molecule has 0 aliphatic heterocycles. The molecule has 96 valence electrons. The fourth-order valence-electron chi connectivity index (χ4n) is 2.37. The van der Waals surface area contributed by atoms with Crippen LogP contribution in [0.4, 0.5) is 0 Å². The van der Waals surface area contributed by atoms with E-state index >= 15 is 0 Å². The highest BCUT2D eigenvalue weighted by Crippen LogP contribution is 2.26. The van der Waals surface area contributed by atoms with E-state index in [1.807, 2.05) is 6.07 Å². The molecule has 1 atom stereocenters. The number of carbonyl (C=O) groups is 1. The van der Waals surface area contributed by atoms with Crippen molar-refractivity contribution in [2.75, 3.05) is 13.1 Å². The van der Waals surface area contributed by atoms with Crippen molar-refractivity contribution in [2.24, 2.45) is 5.92 Å². The number of nitrogens with one attached hydrogen (secondary N) is 2. The number of nitrogens with zero attached hydrogens (tertiary/aromatic N) is 1. The summed E-state index contributed by atoms with van der Waals surface area (Å²) in [5, 5.41) is 14.4. The summed E-state index contributed by atoms with van der Waals surface area (Å²) in [5.41, 5.74) is 0. The Morgan fingerprint density at radius 3 is 2.76 bits per heavy atom. The first-order valence-electron chi connectivity index (χ1n) is 6.61. The Labute approximate surface area is 104 Å². The van der Waals surface area contributed by atoms with Crippen LogP contribution in [0, 0.1) is 17.2 Å². The zero-order chi connectivity index (χ0) is 12.5. The summed E-state index contributed by atoms with van der Waals surface area (Å²) in [6.07, 6.45) is 6.95. The normalized spacial score (nSPS) is 18.4. The third-order valence-electron chi connectivity index (χ3n) is 3.50. The molecule has 17 heavy (non-hydrogen) atoms. The average Bonchev–Trinajstić information content (AvgIpc) is 2.37. The third kappa shape index (κ3) is 5.69. The van der Waals surface area contributed by atoms with Crippen molar-refractivity contribution >= 4 is 5.91 Å². The van der Waals surface area contributed by atoms with Crippen molar-refractivity contribution in [2.45, 2.75) is 51.5 Å². The highest BCUT2D eigenvalue weighted by Gasteiger charge is 2.19. The van der Waals surface area contributed by atoms with Crippen LogP contribution < -0.4 is 10.6 Å². The number of carbonyl (C=O) groups excluding carboxylic acids is 1. The first-order chi connectivity index (χ1) is 8.24. The van der Waals surface area contributed by atoms with Crippen LogP contribution in [0.25, 0.3) is 0 Å². The van der Waals surface area contributed by atoms with Crippen LogP contribution >= 0.6 is 0 Å². The number of amides is 1.